The average molecular weight is 386 g/mol. The molecule has 0 radical (unpaired) electrons. The molecule has 3 aliphatic heterocycles. The second-order valence-corrected chi connectivity index (χ2v) is 8.05. The van der Waals surface area contributed by atoms with Gasteiger partial charge in [0.15, 0.2) is 0 Å². The molecule has 2 fully saturated rings. The number of anilines is 2. The first-order valence-corrected chi connectivity index (χ1v) is 10.1. The summed E-state index contributed by atoms with van der Waals surface area (Å²) >= 11 is 1.72. The zero-order chi connectivity index (χ0) is 18.4. The summed E-state index contributed by atoms with van der Waals surface area (Å²) in [6.07, 6.45) is 0.978. The molecule has 0 bridgehead atoms. The molecule has 27 heavy (non-hydrogen) atoms. The van der Waals surface area contributed by atoms with Crippen LogP contribution in [0.3, 0.4) is 0 Å². The highest BCUT2D eigenvalue weighted by Crippen LogP contribution is 2.34. The molecule has 9 nitrogen and oxygen atoms in total. The van der Waals surface area contributed by atoms with E-state index in [-0.39, 0.29) is 5.91 Å². The van der Waals surface area contributed by atoms with E-state index in [1.165, 1.54) is 4.88 Å². The zero-order valence-electron chi connectivity index (χ0n) is 15.2. The lowest BCUT2D eigenvalue weighted by atomic mass is 10.2. The molecule has 0 aromatic carbocycles. The van der Waals surface area contributed by atoms with Gasteiger partial charge in [-0.3, -0.25) is 10.2 Å². The molecule has 2 aromatic rings. The van der Waals surface area contributed by atoms with Crippen molar-refractivity contribution in [1.82, 2.24) is 25.6 Å². The third-order valence-electron chi connectivity index (χ3n) is 5.19. The fourth-order valence-corrected chi connectivity index (χ4v) is 4.66. The van der Waals surface area contributed by atoms with Crippen LogP contribution in [0.25, 0.3) is 10.2 Å². The number of amides is 1. The van der Waals surface area contributed by atoms with Gasteiger partial charge in [-0.1, -0.05) is 6.92 Å². The van der Waals surface area contributed by atoms with E-state index in [2.05, 4.69) is 38.6 Å². The van der Waals surface area contributed by atoms with Crippen LogP contribution in [0, 0.1) is 0 Å². The van der Waals surface area contributed by atoms with E-state index < -0.39 is 0 Å². The van der Waals surface area contributed by atoms with Crippen molar-refractivity contribution in [3.05, 3.63) is 10.9 Å². The Labute approximate surface area is 161 Å². The summed E-state index contributed by atoms with van der Waals surface area (Å²) in [6.45, 7) is 7.15. The van der Waals surface area contributed by atoms with Crippen LogP contribution in [0.4, 0.5) is 11.8 Å². The number of fused-ring (bicyclic) bond motifs is 2. The lowest BCUT2D eigenvalue weighted by Gasteiger charge is -2.34. The molecule has 5 heterocycles. The maximum absolute atomic E-state index is 11.8. The highest BCUT2D eigenvalue weighted by molar-refractivity contribution is 7.18. The summed E-state index contributed by atoms with van der Waals surface area (Å²) in [5, 5.41) is 8.37. The number of piperazine rings is 2. The van der Waals surface area contributed by atoms with Crippen LogP contribution in [-0.2, 0) is 11.2 Å². The van der Waals surface area contributed by atoms with Gasteiger partial charge in [0.05, 0.1) is 18.5 Å². The molecule has 2 aromatic heterocycles. The van der Waals surface area contributed by atoms with Gasteiger partial charge in [0.2, 0.25) is 11.9 Å². The Bertz CT molecular complexity index is 925. The topological polar surface area (TPSA) is 89.0 Å². The maximum Gasteiger partial charge on any atom is 0.239 e. The molecule has 1 amide bonds. The molecule has 10 heteroatoms. The summed E-state index contributed by atoms with van der Waals surface area (Å²) in [4.78, 5) is 30.3. The minimum Gasteiger partial charge on any atom is -0.353 e. The van der Waals surface area contributed by atoms with Crippen molar-refractivity contribution < 1.29 is 4.79 Å². The summed E-state index contributed by atoms with van der Waals surface area (Å²) in [5.41, 5.74) is 3.06. The molecule has 0 saturated carbocycles. The zero-order valence-corrected chi connectivity index (χ0v) is 16.1. The Morgan fingerprint density at radius 1 is 1.15 bits per heavy atom. The summed E-state index contributed by atoms with van der Waals surface area (Å²) in [6, 6.07) is 2.21. The Kier molecular flexibility index (Phi) is 4.00. The predicted molar refractivity (Wildman–Crippen MR) is 106 cm³/mol. The van der Waals surface area contributed by atoms with Gasteiger partial charge in [-0.2, -0.15) is 10.1 Å². The van der Waals surface area contributed by atoms with Crippen LogP contribution >= 0.6 is 11.3 Å². The highest BCUT2D eigenvalue weighted by atomic mass is 32.1. The van der Waals surface area contributed by atoms with Gasteiger partial charge < -0.3 is 20.0 Å². The molecule has 0 unspecified atom stereocenters. The van der Waals surface area contributed by atoms with E-state index in [1.54, 1.807) is 11.3 Å². The number of thiophene rings is 1. The van der Waals surface area contributed by atoms with Crippen molar-refractivity contribution in [2.45, 2.75) is 13.3 Å². The van der Waals surface area contributed by atoms with Gasteiger partial charge >= 0.3 is 0 Å². The Hall–Kier alpha value is -2.62. The van der Waals surface area contributed by atoms with Crippen molar-refractivity contribution in [3.63, 3.8) is 0 Å². The lowest BCUT2D eigenvalue weighted by Crippen LogP contribution is -2.50. The molecule has 2 N–H and O–H groups in total. The first kappa shape index (κ1) is 16.5. The number of hydrogen-bond donors (Lipinski definition) is 2. The second kappa shape index (κ2) is 6.52. The Morgan fingerprint density at radius 2 is 2.04 bits per heavy atom. The molecular weight excluding hydrogens is 364 g/mol. The Morgan fingerprint density at radius 3 is 2.89 bits per heavy atom. The number of aromatic nitrogens is 2. The maximum atomic E-state index is 11.8. The fraction of sp³-hybridized carbons (Fsp3) is 0.529. The molecule has 0 atom stereocenters. The van der Waals surface area contributed by atoms with Crippen LogP contribution in [0.5, 0.6) is 0 Å². The summed E-state index contributed by atoms with van der Waals surface area (Å²) in [5.74, 6) is 2.67. The van der Waals surface area contributed by atoms with Crippen LogP contribution in [0.2, 0.25) is 0 Å². The average Bonchev–Trinajstić information content (AvgIpc) is 3.32. The number of nitrogens with zero attached hydrogens (tertiary/aromatic N) is 6. The normalized spacial score (nSPS) is 19.8. The molecule has 2 saturated heterocycles. The van der Waals surface area contributed by atoms with Gasteiger partial charge in [-0.05, 0) is 12.5 Å². The number of nitrogens with one attached hydrogen (secondary N) is 2. The monoisotopic (exact) mass is 386 g/mol. The Balaban J connectivity index is 1.56. The van der Waals surface area contributed by atoms with Gasteiger partial charge in [-0.15, -0.1) is 11.3 Å². The number of carbonyl (C=O) groups excluding carboxylic acids is 1. The van der Waals surface area contributed by atoms with Gasteiger partial charge in [-0.25, -0.2) is 4.98 Å². The first-order valence-electron chi connectivity index (χ1n) is 9.32. The lowest BCUT2D eigenvalue weighted by molar-refractivity contribution is -0.120. The van der Waals surface area contributed by atoms with Crippen molar-refractivity contribution in [2.24, 2.45) is 5.10 Å². The molecule has 0 spiro atoms. The van der Waals surface area contributed by atoms with Gasteiger partial charge in [0, 0.05) is 31.1 Å². The molecule has 3 aliphatic rings. The minimum atomic E-state index is 0.0203. The molecule has 142 valence electrons. The van der Waals surface area contributed by atoms with Crippen LogP contribution in [0.1, 0.15) is 11.8 Å². The van der Waals surface area contributed by atoms with E-state index in [4.69, 9.17) is 9.97 Å². The SMILES string of the molecule is CCc1cc2c(N3CCN4CNN=C4C3)nc(N3CCNC(=O)C3)nc2s1. The van der Waals surface area contributed by atoms with E-state index in [1.807, 2.05) is 4.90 Å². The van der Waals surface area contributed by atoms with Crippen molar-refractivity contribution in [1.29, 1.82) is 0 Å². The highest BCUT2D eigenvalue weighted by Gasteiger charge is 2.29. The van der Waals surface area contributed by atoms with E-state index in [0.717, 1.165) is 61.1 Å². The van der Waals surface area contributed by atoms with Crippen molar-refractivity contribution in [3.8, 4) is 0 Å². The third kappa shape index (κ3) is 2.93. The third-order valence-corrected chi connectivity index (χ3v) is 6.36. The van der Waals surface area contributed by atoms with Crippen molar-refractivity contribution >= 4 is 45.1 Å². The summed E-state index contributed by atoms with van der Waals surface area (Å²) in [7, 11) is 0. The van der Waals surface area contributed by atoms with Crippen molar-refractivity contribution in [2.75, 3.05) is 55.7 Å². The number of carbonyl (C=O) groups is 1. The smallest absolute Gasteiger partial charge is 0.239 e. The minimum absolute atomic E-state index is 0.0203. The molecule has 0 aliphatic carbocycles. The fourth-order valence-electron chi connectivity index (χ4n) is 3.70. The van der Waals surface area contributed by atoms with Crippen LogP contribution in [-0.4, -0.2) is 72.5 Å². The summed E-state index contributed by atoms with van der Waals surface area (Å²) < 4.78 is 0. The van der Waals surface area contributed by atoms with E-state index in [0.29, 0.717) is 19.0 Å². The predicted octanol–water partition coefficient (Wildman–Crippen LogP) is 0.186. The van der Waals surface area contributed by atoms with Gasteiger partial charge in [0.1, 0.15) is 23.2 Å². The number of aryl methyl sites for hydroxylation is 1. The molecule has 5 rings (SSSR count). The number of hydrazone groups is 1. The number of amidine groups is 1. The molecular formula is C17H22N8OS. The quantitative estimate of drug-likeness (QED) is 0.778. The van der Waals surface area contributed by atoms with E-state index in [9.17, 15) is 4.79 Å². The second-order valence-electron chi connectivity index (χ2n) is 6.93. The van der Waals surface area contributed by atoms with Gasteiger partial charge in [0.25, 0.3) is 0 Å². The largest absolute Gasteiger partial charge is 0.353 e. The van der Waals surface area contributed by atoms with E-state index >= 15 is 0 Å². The number of hydrogen-bond acceptors (Lipinski definition) is 9. The van der Waals surface area contributed by atoms with Crippen LogP contribution < -0.4 is 20.5 Å². The number of rotatable bonds is 3. The first-order chi connectivity index (χ1) is 13.2. The van der Waals surface area contributed by atoms with Crippen LogP contribution in [0.15, 0.2) is 11.2 Å². The standard InChI is InChI=1S/C17H22N8OS/c1-2-11-7-12-15(23-5-6-25-10-19-22-13(25)8-23)20-17(21-16(12)27-11)24-4-3-18-14(26)9-24/h7,19H,2-6,8-10H2,1H3,(H,18,26).